The van der Waals surface area contributed by atoms with Crippen molar-refractivity contribution in [1.82, 2.24) is 10.2 Å². The third-order valence-electron chi connectivity index (χ3n) is 3.30. The van der Waals surface area contributed by atoms with Crippen molar-refractivity contribution in [2.75, 3.05) is 31.5 Å². The molecule has 2 N–H and O–H groups in total. The highest BCUT2D eigenvalue weighted by Crippen LogP contribution is 2.27. The van der Waals surface area contributed by atoms with E-state index in [1.807, 2.05) is 0 Å². The predicted octanol–water partition coefficient (Wildman–Crippen LogP) is 2.73. The number of hydrogen-bond donors (Lipinski definition) is 2. The molecule has 0 radical (unpaired) electrons. The van der Waals surface area contributed by atoms with E-state index in [0.717, 1.165) is 32.5 Å². The fraction of sp³-hybridized carbons (Fsp3) is 0.462. The van der Waals surface area contributed by atoms with Gasteiger partial charge in [0.1, 0.15) is 0 Å². The van der Waals surface area contributed by atoms with Crippen LogP contribution in [-0.2, 0) is 4.79 Å². The summed E-state index contributed by atoms with van der Waals surface area (Å²) in [7, 11) is 0. The molecule has 4 nitrogen and oxygen atoms in total. The molecule has 0 saturated carbocycles. The summed E-state index contributed by atoms with van der Waals surface area (Å²) in [6, 6.07) is 4.65. The zero-order chi connectivity index (χ0) is 14.7. The van der Waals surface area contributed by atoms with Gasteiger partial charge in [0.25, 0.3) is 0 Å². The molecule has 1 saturated heterocycles. The summed E-state index contributed by atoms with van der Waals surface area (Å²) in [5.41, 5.74) is 0.930. The minimum Gasteiger partial charge on any atom is -0.323 e. The third kappa shape index (κ3) is 4.40. The molecule has 1 aliphatic heterocycles. The van der Waals surface area contributed by atoms with Gasteiger partial charge in [-0.15, -0.1) is 0 Å². The van der Waals surface area contributed by atoms with Crippen LogP contribution in [0.1, 0.15) is 6.92 Å². The Morgan fingerprint density at radius 3 is 2.40 bits per heavy atom. The molecule has 1 heterocycles. The van der Waals surface area contributed by atoms with E-state index in [-0.39, 0.29) is 5.91 Å². The number of amides is 1. The lowest BCUT2D eigenvalue weighted by Crippen LogP contribution is -2.58. The second-order valence-electron chi connectivity index (χ2n) is 4.67. The Labute approximate surface area is 160 Å². The minimum absolute atomic E-state index is 0.0655. The van der Waals surface area contributed by atoms with Crippen molar-refractivity contribution in [3.8, 4) is 0 Å². The molecule has 0 unspecified atom stereocenters. The van der Waals surface area contributed by atoms with Gasteiger partial charge in [0, 0.05) is 29.8 Å². The first-order valence-electron chi connectivity index (χ1n) is 6.40. The first kappa shape index (κ1) is 17.2. The van der Waals surface area contributed by atoms with Crippen molar-refractivity contribution in [3.05, 3.63) is 22.8 Å². The molecule has 0 aromatic heterocycles. The van der Waals surface area contributed by atoms with Gasteiger partial charge in [-0.25, -0.2) is 0 Å². The Morgan fingerprint density at radius 1 is 1.35 bits per heavy atom. The molecule has 1 fully saturated rings. The molecule has 0 aliphatic carbocycles. The van der Waals surface area contributed by atoms with E-state index >= 15 is 0 Å². The number of hydrogen-bond acceptors (Lipinski definition) is 3. The Hall–Kier alpha value is 0.800. The van der Waals surface area contributed by atoms with Gasteiger partial charge in [0.15, 0.2) is 0 Å². The van der Waals surface area contributed by atoms with Crippen LogP contribution in [0.2, 0.25) is 0 Å². The van der Waals surface area contributed by atoms with Gasteiger partial charge < -0.3 is 10.6 Å². The first-order valence-corrected chi connectivity index (χ1v) is 9.64. The molecule has 0 spiro atoms. The van der Waals surface area contributed by atoms with Crippen LogP contribution in [0.4, 0.5) is 5.69 Å². The molecule has 20 heavy (non-hydrogen) atoms. The number of rotatable bonds is 5. The van der Waals surface area contributed by atoms with Crippen LogP contribution in [0.25, 0.3) is 0 Å². The average Bonchev–Trinajstić information content (AvgIpc) is 2.30. The second kappa shape index (κ2) is 7.88. The number of halogens is 3. The van der Waals surface area contributed by atoms with Gasteiger partial charge in [-0.05, 0) is 86.5 Å². The fourth-order valence-electron chi connectivity index (χ4n) is 2.06. The van der Waals surface area contributed by atoms with Gasteiger partial charge in [0.2, 0.25) is 5.91 Å². The van der Waals surface area contributed by atoms with Gasteiger partial charge >= 0.3 is 0 Å². The van der Waals surface area contributed by atoms with E-state index in [4.69, 9.17) is 0 Å². The lowest BCUT2D eigenvalue weighted by Gasteiger charge is -2.37. The average molecular weight is 611 g/mol. The Balaban J connectivity index is 2.00. The van der Waals surface area contributed by atoms with Crippen molar-refractivity contribution in [2.45, 2.75) is 13.0 Å². The van der Waals surface area contributed by atoms with E-state index in [1.54, 1.807) is 0 Å². The summed E-state index contributed by atoms with van der Waals surface area (Å²) < 4.78 is 3.35. The Kier molecular flexibility index (Phi) is 6.76. The lowest BCUT2D eigenvalue weighted by atomic mass is 10.1. The quantitative estimate of drug-likeness (QED) is 0.505. The molecule has 0 bridgehead atoms. The van der Waals surface area contributed by atoms with Crippen LogP contribution in [0.3, 0.4) is 0 Å². The lowest BCUT2D eigenvalue weighted by molar-refractivity contribution is -0.118. The molecule has 2 rings (SSSR count). The van der Waals surface area contributed by atoms with E-state index in [9.17, 15) is 4.79 Å². The van der Waals surface area contributed by atoms with Crippen LogP contribution in [0.15, 0.2) is 12.1 Å². The number of carbonyl (C=O) groups excluding carboxylic acids is 1. The summed E-state index contributed by atoms with van der Waals surface area (Å²) in [4.78, 5) is 14.5. The molecule has 0 atom stereocenters. The predicted molar refractivity (Wildman–Crippen MR) is 107 cm³/mol. The number of nitrogens with zero attached hydrogens (tertiary/aromatic N) is 1. The summed E-state index contributed by atoms with van der Waals surface area (Å²) in [6.07, 6.45) is 0. The standard InChI is InChI=1S/C13H16I3N3O/c1-2-19(9-5-17-6-9)7-12(20)18-13-10(15)3-8(14)4-11(13)16/h3-4,9,17H,2,5-7H2,1H3,(H,18,20). The van der Waals surface area contributed by atoms with Gasteiger partial charge in [-0.3, -0.25) is 9.69 Å². The smallest absolute Gasteiger partial charge is 0.238 e. The largest absolute Gasteiger partial charge is 0.323 e. The maximum absolute atomic E-state index is 12.2. The maximum atomic E-state index is 12.2. The zero-order valence-corrected chi connectivity index (χ0v) is 17.5. The highest BCUT2D eigenvalue weighted by atomic mass is 127. The highest BCUT2D eigenvalue weighted by molar-refractivity contribution is 14.1. The van der Waals surface area contributed by atoms with Gasteiger partial charge in [0.05, 0.1) is 12.2 Å². The maximum Gasteiger partial charge on any atom is 0.238 e. The molecule has 1 aliphatic rings. The van der Waals surface area contributed by atoms with Crippen molar-refractivity contribution < 1.29 is 4.79 Å². The van der Waals surface area contributed by atoms with Gasteiger partial charge in [-0.2, -0.15) is 0 Å². The van der Waals surface area contributed by atoms with E-state index in [0.29, 0.717) is 12.6 Å². The van der Waals surface area contributed by atoms with E-state index in [2.05, 4.69) is 102 Å². The summed E-state index contributed by atoms with van der Waals surface area (Å²) in [5.74, 6) is 0.0655. The van der Waals surface area contributed by atoms with Crippen LogP contribution in [0.5, 0.6) is 0 Å². The number of anilines is 1. The van der Waals surface area contributed by atoms with E-state index < -0.39 is 0 Å². The second-order valence-corrected chi connectivity index (χ2v) is 8.24. The Bertz CT molecular complexity index is 483. The molecule has 7 heteroatoms. The number of benzene rings is 1. The fourth-order valence-corrected chi connectivity index (χ4v) is 5.91. The molecule has 1 aromatic rings. The van der Waals surface area contributed by atoms with Crippen LogP contribution in [-0.4, -0.2) is 43.0 Å². The summed E-state index contributed by atoms with van der Waals surface area (Å²) in [5, 5.41) is 6.30. The molecular weight excluding hydrogens is 595 g/mol. The number of likely N-dealkylation sites (N-methyl/N-ethyl adjacent to an activating group) is 1. The molecule has 1 aromatic carbocycles. The van der Waals surface area contributed by atoms with Crippen molar-refractivity contribution in [3.63, 3.8) is 0 Å². The molecule has 1 amide bonds. The topological polar surface area (TPSA) is 44.4 Å². The normalized spacial score (nSPS) is 15.2. The van der Waals surface area contributed by atoms with Crippen LogP contribution in [0, 0.1) is 10.7 Å². The van der Waals surface area contributed by atoms with Crippen LogP contribution >= 0.6 is 67.8 Å². The summed E-state index contributed by atoms with van der Waals surface area (Å²) >= 11 is 6.84. The molecular formula is C13H16I3N3O. The SMILES string of the molecule is CCN(CC(=O)Nc1c(I)cc(I)cc1I)C1CNC1. The third-order valence-corrected chi connectivity index (χ3v) is 5.62. The zero-order valence-electron chi connectivity index (χ0n) is 11.0. The van der Waals surface area contributed by atoms with Crippen molar-refractivity contribution in [2.24, 2.45) is 0 Å². The van der Waals surface area contributed by atoms with Crippen molar-refractivity contribution in [1.29, 1.82) is 0 Å². The molecule has 110 valence electrons. The first-order chi connectivity index (χ1) is 9.51. The van der Waals surface area contributed by atoms with Crippen molar-refractivity contribution >= 4 is 79.4 Å². The van der Waals surface area contributed by atoms with Gasteiger partial charge in [-0.1, -0.05) is 6.92 Å². The van der Waals surface area contributed by atoms with Crippen LogP contribution < -0.4 is 10.6 Å². The minimum atomic E-state index is 0.0655. The number of carbonyl (C=O) groups is 1. The highest BCUT2D eigenvalue weighted by Gasteiger charge is 2.25. The number of nitrogens with one attached hydrogen (secondary N) is 2. The summed E-state index contributed by atoms with van der Waals surface area (Å²) in [6.45, 7) is 5.44. The van der Waals surface area contributed by atoms with E-state index in [1.165, 1.54) is 3.57 Å². The monoisotopic (exact) mass is 611 g/mol. The Morgan fingerprint density at radius 2 is 1.95 bits per heavy atom.